The maximum atomic E-state index is 12.7. The standard InChI is InChI=1S/C25H31N5O3S/c1-18-5-6-22(26-16-18)28-24(32)19-7-9-29(10-8-19)17-23(31)27-21-4-2-3-20(15-21)25(33)30-11-13-34-14-12-30/h2-6,15-16,19H,7-14,17H2,1H3,(H,27,31)(H,26,28,32). The molecule has 1 aromatic heterocycles. The van der Waals surface area contributed by atoms with Crippen molar-refractivity contribution in [3.05, 3.63) is 53.7 Å². The first kappa shape index (κ1) is 24.2. The third-order valence-corrected chi connectivity index (χ3v) is 7.12. The number of carbonyl (C=O) groups excluding carboxylic acids is 3. The molecule has 2 fully saturated rings. The molecule has 0 radical (unpaired) electrons. The summed E-state index contributed by atoms with van der Waals surface area (Å²) in [5.41, 5.74) is 2.27. The van der Waals surface area contributed by atoms with E-state index in [1.54, 1.807) is 36.5 Å². The highest BCUT2D eigenvalue weighted by Gasteiger charge is 2.26. The average Bonchev–Trinajstić information content (AvgIpc) is 2.86. The van der Waals surface area contributed by atoms with Crippen molar-refractivity contribution in [2.24, 2.45) is 5.92 Å². The molecule has 3 amide bonds. The second-order valence-corrected chi connectivity index (χ2v) is 10.0. The molecule has 0 saturated carbocycles. The summed E-state index contributed by atoms with van der Waals surface area (Å²) in [5, 5.41) is 5.80. The van der Waals surface area contributed by atoms with Gasteiger partial charge in [0.25, 0.3) is 5.91 Å². The summed E-state index contributed by atoms with van der Waals surface area (Å²) >= 11 is 1.86. The minimum atomic E-state index is -0.120. The molecule has 0 spiro atoms. The number of nitrogens with zero attached hydrogens (tertiary/aromatic N) is 3. The van der Waals surface area contributed by atoms with Gasteiger partial charge in [-0.3, -0.25) is 19.3 Å². The zero-order valence-electron chi connectivity index (χ0n) is 19.5. The number of hydrogen-bond acceptors (Lipinski definition) is 6. The Morgan fingerprint density at radius 3 is 2.50 bits per heavy atom. The molecular weight excluding hydrogens is 450 g/mol. The lowest BCUT2D eigenvalue weighted by atomic mass is 9.96. The van der Waals surface area contributed by atoms with Crippen molar-refractivity contribution in [1.82, 2.24) is 14.8 Å². The lowest BCUT2D eigenvalue weighted by molar-refractivity contribution is -0.121. The van der Waals surface area contributed by atoms with E-state index in [-0.39, 0.29) is 30.2 Å². The molecule has 180 valence electrons. The van der Waals surface area contributed by atoms with Gasteiger partial charge < -0.3 is 15.5 Å². The number of carbonyl (C=O) groups is 3. The van der Waals surface area contributed by atoms with E-state index >= 15 is 0 Å². The van der Waals surface area contributed by atoms with E-state index in [0.29, 0.717) is 43.0 Å². The largest absolute Gasteiger partial charge is 0.337 e. The van der Waals surface area contributed by atoms with Gasteiger partial charge in [0.05, 0.1) is 6.54 Å². The normalized spacial score (nSPS) is 17.3. The zero-order valence-corrected chi connectivity index (χ0v) is 20.3. The maximum absolute atomic E-state index is 12.7. The highest BCUT2D eigenvalue weighted by Crippen LogP contribution is 2.20. The van der Waals surface area contributed by atoms with Gasteiger partial charge in [-0.25, -0.2) is 4.98 Å². The smallest absolute Gasteiger partial charge is 0.253 e. The number of anilines is 2. The minimum absolute atomic E-state index is 0.0117. The number of thioether (sulfide) groups is 1. The van der Waals surface area contributed by atoms with Crippen LogP contribution in [0.5, 0.6) is 0 Å². The van der Waals surface area contributed by atoms with E-state index in [1.165, 1.54) is 0 Å². The Balaban J connectivity index is 1.23. The molecule has 8 nitrogen and oxygen atoms in total. The molecule has 4 rings (SSSR count). The fraction of sp³-hybridized carbons (Fsp3) is 0.440. The van der Waals surface area contributed by atoms with Gasteiger partial charge in [0.1, 0.15) is 5.82 Å². The number of likely N-dealkylation sites (tertiary alicyclic amines) is 1. The first-order chi connectivity index (χ1) is 16.5. The number of benzene rings is 1. The van der Waals surface area contributed by atoms with Crippen LogP contribution >= 0.6 is 11.8 Å². The number of nitrogens with one attached hydrogen (secondary N) is 2. The van der Waals surface area contributed by atoms with Crippen LogP contribution < -0.4 is 10.6 Å². The van der Waals surface area contributed by atoms with E-state index in [4.69, 9.17) is 0 Å². The predicted octanol–water partition coefficient (Wildman–Crippen LogP) is 2.87. The lowest BCUT2D eigenvalue weighted by Crippen LogP contribution is -2.41. The van der Waals surface area contributed by atoms with Crippen LogP contribution in [0.1, 0.15) is 28.8 Å². The summed E-state index contributed by atoms with van der Waals surface area (Å²) in [6.07, 6.45) is 3.13. The number of pyridine rings is 1. The van der Waals surface area contributed by atoms with Gasteiger partial charge in [0.2, 0.25) is 11.8 Å². The molecule has 2 saturated heterocycles. The van der Waals surface area contributed by atoms with Crippen LogP contribution in [0.25, 0.3) is 0 Å². The molecule has 2 aliphatic heterocycles. The third kappa shape index (κ3) is 6.57. The minimum Gasteiger partial charge on any atom is -0.337 e. The van der Waals surface area contributed by atoms with Gasteiger partial charge in [-0.15, -0.1) is 0 Å². The quantitative estimate of drug-likeness (QED) is 0.659. The summed E-state index contributed by atoms with van der Waals surface area (Å²) in [7, 11) is 0. The van der Waals surface area contributed by atoms with Crippen LogP contribution in [-0.2, 0) is 9.59 Å². The molecule has 0 atom stereocenters. The number of aryl methyl sites for hydroxylation is 1. The summed E-state index contributed by atoms with van der Waals surface area (Å²) in [6.45, 7) is 5.09. The fourth-order valence-corrected chi connectivity index (χ4v) is 5.11. The van der Waals surface area contributed by atoms with Crippen LogP contribution in [0.2, 0.25) is 0 Å². The van der Waals surface area contributed by atoms with E-state index < -0.39 is 0 Å². The molecule has 34 heavy (non-hydrogen) atoms. The topological polar surface area (TPSA) is 94.6 Å². The van der Waals surface area contributed by atoms with Gasteiger partial charge in [0, 0.05) is 48.0 Å². The van der Waals surface area contributed by atoms with Gasteiger partial charge >= 0.3 is 0 Å². The number of rotatable bonds is 6. The Hall–Kier alpha value is -2.91. The SMILES string of the molecule is Cc1ccc(NC(=O)C2CCN(CC(=O)Nc3cccc(C(=O)N4CCSCC4)c3)CC2)nc1. The number of aromatic nitrogens is 1. The molecule has 1 aromatic carbocycles. The number of piperidine rings is 1. The summed E-state index contributed by atoms with van der Waals surface area (Å²) < 4.78 is 0. The van der Waals surface area contributed by atoms with Crippen LogP contribution in [0.15, 0.2) is 42.6 Å². The molecule has 3 heterocycles. The Kier molecular flexibility index (Phi) is 8.18. The monoisotopic (exact) mass is 481 g/mol. The molecule has 0 bridgehead atoms. The molecule has 2 N–H and O–H groups in total. The number of hydrogen-bond donors (Lipinski definition) is 2. The van der Waals surface area contributed by atoms with E-state index in [1.807, 2.05) is 29.7 Å². The fourth-order valence-electron chi connectivity index (χ4n) is 4.21. The number of amides is 3. The van der Waals surface area contributed by atoms with Crippen LogP contribution in [0.3, 0.4) is 0 Å². The summed E-state index contributed by atoms with van der Waals surface area (Å²) in [5.74, 6) is 2.28. The third-order valence-electron chi connectivity index (χ3n) is 6.18. The second kappa shape index (κ2) is 11.5. The van der Waals surface area contributed by atoms with E-state index in [0.717, 1.165) is 30.2 Å². The van der Waals surface area contributed by atoms with Gasteiger partial charge in [0.15, 0.2) is 0 Å². The average molecular weight is 482 g/mol. The van der Waals surface area contributed by atoms with Crippen molar-refractivity contribution in [3.63, 3.8) is 0 Å². The molecule has 0 unspecified atom stereocenters. The molecule has 0 aliphatic carbocycles. The summed E-state index contributed by atoms with van der Waals surface area (Å²) in [6, 6.07) is 10.9. The van der Waals surface area contributed by atoms with Crippen molar-refractivity contribution in [3.8, 4) is 0 Å². The predicted molar refractivity (Wildman–Crippen MR) is 135 cm³/mol. The second-order valence-electron chi connectivity index (χ2n) is 8.79. The highest BCUT2D eigenvalue weighted by molar-refractivity contribution is 7.99. The van der Waals surface area contributed by atoms with Crippen molar-refractivity contribution in [2.75, 3.05) is 54.9 Å². The summed E-state index contributed by atoms with van der Waals surface area (Å²) in [4.78, 5) is 46.0. The molecular formula is C25H31N5O3S. The Morgan fingerprint density at radius 2 is 1.79 bits per heavy atom. The molecule has 2 aromatic rings. The Bertz CT molecular complexity index is 1020. The first-order valence-electron chi connectivity index (χ1n) is 11.7. The Labute approximate surface area is 204 Å². The highest BCUT2D eigenvalue weighted by atomic mass is 32.2. The van der Waals surface area contributed by atoms with Gasteiger partial charge in [-0.05, 0) is 62.7 Å². The first-order valence-corrected chi connectivity index (χ1v) is 12.9. The van der Waals surface area contributed by atoms with Crippen molar-refractivity contribution in [1.29, 1.82) is 0 Å². The van der Waals surface area contributed by atoms with E-state index in [2.05, 4.69) is 20.5 Å². The van der Waals surface area contributed by atoms with Crippen LogP contribution in [-0.4, -0.2) is 76.7 Å². The maximum Gasteiger partial charge on any atom is 0.253 e. The van der Waals surface area contributed by atoms with E-state index in [9.17, 15) is 14.4 Å². The lowest BCUT2D eigenvalue weighted by Gasteiger charge is -2.30. The zero-order chi connectivity index (χ0) is 23.9. The molecule has 9 heteroatoms. The van der Waals surface area contributed by atoms with Crippen LogP contribution in [0, 0.1) is 12.8 Å². The molecule has 2 aliphatic rings. The van der Waals surface area contributed by atoms with Crippen molar-refractivity contribution < 1.29 is 14.4 Å². The van der Waals surface area contributed by atoms with Crippen LogP contribution in [0.4, 0.5) is 11.5 Å². The van der Waals surface area contributed by atoms with Crippen molar-refractivity contribution in [2.45, 2.75) is 19.8 Å². The van der Waals surface area contributed by atoms with Gasteiger partial charge in [-0.2, -0.15) is 11.8 Å². The van der Waals surface area contributed by atoms with Gasteiger partial charge in [-0.1, -0.05) is 12.1 Å². The van der Waals surface area contributed by atoms with Crippen molar-refractivity contribution >= 4 is 41.0 Å². The Morgan fingerprint density at radius 1 is 1.03 bits per heavy atom.